The van der Waals surface area contributed by atoms with Crippen LogP contribution in [0.1, 0.15) is 30.5 Å². The first-order valence-electron chi connectivity index (χ1n) is 10.0. The van der Waals surface area contributed by atoms with Gasteiger partial charge in [-0.05, 0) is 53.9 Å². The highest BCUT2D eigenvalue weighted by Crippen LogP contribution is 2.32. The van der Waals surface area contributed by atoms with Gasteiger partial charge in [-0.2, -0.15) is 0 Å². The van der Waals surface area contributed by atoms with E-state index in [1.165, 1.54) is 5.56 Å². The van der Waals surface area contributed by atoms with Gasteiger partial charge in [-0.25, -0.2) is 0 Å². The monoisotopic (exact) mass is 439 g/mol. The van der Waals surface area contributed by atoms with Gasteiger partial charge in [-0.3, -0.25) is 19.3 Å². The number of benzene rings is 2. The highest BCUT2D eigenvalue weighted by molar-refractivity contribution is 8.18. The van der Waals surface area contributed by atoms with E-state index in [-0.39, 0.29) is 24.0 Å². The molecule has 1 saturated heterocycles. The molecule has 0 unspecified atom stereocenters. The molecule has 1 heterocycles. The Morgan fingerprint density at radius 3 is 2.55 bits per heavy atom. The van der Waals surface area contributed by atoms with E-state index in [0.29, 0.717) is 12.4 Å². The molecule has 0 aliphatic carbocycles. The van der Waals surface area contributed by atoms with Crippen LogP contribution < -0.4 is 4.74 Å². The highest BCUT2D eigenvalue weighted by Gasteiger charge is 2.36. The third kappa shape index (κ3) is 6.46. The van der Waals surface area contributed by atoms with Gasteiger partial charge >= 0.3 is 5.97 Å². The van der Waals surface area contributed by atoms with Crippen LogP contribution in [-0.4, -0.2) is 35.2 Å². The summed E-state index contributed by atoms with van der Waals surface area (Å²) < 4.78 is 10.9. The molecule has 7 heteroatoms. The maximum absolute atomic E-state index is 12.5. The van der Waals surface area contributed by atoms with Crippen molar-refractivity contribution in [1.29, 1.82) is 0 Å². The normalized spacial score (nSPS) is 15.1. The number of carbonyl (C=O) groups excluding carboxylic acids is 3. The summed E-state index contributed by atoms with van der Waals surface area (Å²) in [7, 11) is 0. The Kier molecular flexibility index (Phi) is 7.52. The van der Waals surface area contributed by atoms with Crippen LogP contribution in [0.5, 0.6) is 5.75 Å². The molecule has 2 amide bonds. The summed E-state index contributed by atoms with van der Waals surface area (Å²) >= 11 is 0.816. The molecule has 0 radical (unpaired) electrons. The minimum Gasteiger partial charge on any atom is -0.489 e. The lowest BCUT2D eigenvalue weighted by Crippen LogP contribution is -2.34. The molecular formula is C24H25NO5S. The molecule has 0 atom stereocenters. The maximum atomic E-state index is 12.5. The number of ether oxygens (including phenoxy) is 2. The molecule has 6 nitrogen and oxygen atoms in total. The molecule has 1 aliphatic rings. The Hall–Kier alpha value is -3.06. The molecule has 31 heavy (non-hydrogen) atoms. The fourth-order valence-electron chi connectivity index (χ4n) is 2.85. The van der Waals surface area contributed by atoms with E-state index in [0.717, 1.165) is 27.8 Å². The van der Waals surface area contributed by atoms with Crippen LogP contribution in [0.2, 0.25) is 0 Å². The predicted molar refractivity (Wildman–Crippen MR) is 120 cm³/mol. The van der Waals surface area contributed by atoms with E-state index in [9.17, 15) is 14.4 Å². The highest BCUT2D eigenvalue weighted by atomic mass is 32.2. The molecule has 0 aromatic heterocycles. The molecule has 0 bridgehead atoms. The third-order valence-corrected chi connectivity index (χ3v) is 5.31. The lowest BCUT2D eigenvalue weighted by Gasteiger charge is -2.12. The van der Waals surface area contributed by atoms with E-state index in [4.69, 9.17) is 9.47 Å². The Morgan fingerprint density at radius 2 is 1.87 bits per heavy atom. The zero-order chi connectivity index (χ0) is 22.4. The van der Waals surface area contributed by atoms with Crippen molar-refractivity contribution < 1.29 is 23.9 Å². The van der Waals surface area contributed by atoms with Crippen LogP contribution in [0.25, 0.3) is 6.08 Å². The van der Waals surface area contributed by atoms with Crippen molar-refractivity contribution >= 4 is 35.0 Å². The number of hydrogen-bond acceptors (Lipinski definition) is 6. The second kappa shape index (κ2) is 10.3. The number of thioether (sulfide) groups is 1. The minimum absolute atomic E-state index is 0.183. The number of rotatable bonds is 8. The number of imide groups is 1. The lowest BCUT2D eigenvalue weighted by atomic mass is 10.1. The van der Waals surface area contributed by atoms with E-state index < -0.39 is 17.1 Å². The largest absolute Gasteiger partial charge is 0.489 e. The van der Waals surface area contributed by atoms with Gasteiger partial charge in [0.1, 0.15) is 18.9 Å². The number of aryl methyl sites for hydroxylation is 1. The number of carbonyl (C=O) groups is 3. The van der Waals surface area contributed by atoms with E-state index >= 15 is 0 Å². The van der Waals surface area contributed by atoms with Crippen LogP contribution in [0.4, 0.5) is 4.79 Å². The summed E-state index contributed by atoms with van der Waals surface area (Å²) in [4.78, 5) is 37.7. The van der Waals surface area contributed by atoms with Gasteiger partial charge in [0.05, 0.1) is 11.5 Å². The summed E-state index contributed by atoms with van der Waals surface area (Å²) in [5.74, 6) is -0.189. The minimum atomic E-state index is -0.590. The summed E-state index contributed by atoms with van der Waals surface area (Å²) in [6.07, 6.45) is 1.63. The van der Waals surface area contributed by atoms with Gasteiger partial charge in [-0.1, -0.05) is 55.8 Å². The summed E-state index contributed by atoms with van der Waals surface area (Å²) in [6.45, 7) is 6.20. The van der Waals surface area contributed by atoms with Crippen molar-refractivity contribution in [2.75, 3.05) is 13.2 Å². The van der Waals surface area contributed by atoms with Crippen LogP contribution in [0.15, 0.2) is 53.4 Å². The van der Waals surface area contributed by atoms with E-state index in [2.05, 4.69) is 6.07 Å². The van der Waals surface area contributed by atoms with Gasteiger partial charge in [0, 0.05) is 0 Å². The van der Waals surface area contributed by atoms with E-state index in [1.54, 1.807) is 6.08 Å². The summed E-state index contributed by atoms with van der Waals surface area (Å²) in [5, 5.41) is -0.476. The lowest BCUT2D eigenvalue weighted by molar-refractivity contribution is -0.147. The van der Waals surface area contributed by atoms with Gasteiger partial charge in [-0.15, -0.1) is 0 Å². The second-order valence-electron chi connectivity index (χ2n) is 7.69. The molecule has 1 aliphatic heterocycles. The smallest absolute Gasteiger partial charge is 0.326 e. The molecule has 2 aromatic rings. The molecule has 0 saturated carbocycles. The van der Waals surface area contributed by atoms with Crippen molar-refractivity contribution in [2.24, 2.45) is 5.92 Å². The van der Waals surface area contributed by atoms with Crippen molar-refractivity contribution in [2.45, 2.75) is 27.4 Å². The van der Waals surface area contributed by atoms with Gasteiger partial charge < -0.3 is 9.47 Å². The molecule has 1 fully saturated rings. The first-order chi connectivity index (χ1) is 14.8. The molecule has 3 rings (SSSR count). The van der Waals surface area contributed by atoms with Crippen molar-refractivity contribution in [3.8, 4) is 5.75 Å². The SMILES string of the molecule is Cc1cccc(COc2ccc(/C=C3/SC(=O)N(CC(=O)OCC(C)C)C3=O)cc2)c1. The van der Waals surface area contributed by atoms with Gasteiger partial charge in [0.2, 0.25) is 0 Å². The van der Waals surface area contributed by atoms with Crippen LogP contribution in [0, 0.1) is 12.8 Å². The molecule has 162 valence electrons. The van der Waals surface area contributed by atoms with Gasteiger partial charge in [0.15, 0.2) is 0 Å². The Labute approximate surface area is 186 Å². The summed E-state index contributed by atoms with van der Waals surface area (Å²) in [6, 6.07) is 15.4. The van der Waals surface area contributed by atoms with Crippen LogP contribution in [0.3, 0.4) is 0 Å². The fraction of sp³-hybridized carbons (Fsp3) is 0.292. The molecule has 2 aromatic carbocycles. The summed E-state index contributed by atoms with van der Waals surface area (Å²) in [5.41, 5.74) is 3.03. The molecule has 0 N–H and O–H groups in total. The van der Waals surface area contributed by atoms with Crippen LogP contribution in [-0.2, 0) is 20.9 Å². The zero-order valence-corrected chi connectivity index (χ0v) is 18.6. The number of hydrogen-bond donors (Lipinski definition) is 0. The maximum Gasteiger partial charge on any atom is 0.326 e. The Bertz CT molecular complexity index is 997. The first-order valence-corrected chi connectivity index (χ1v) is 10.8. The quantitative estimate of drug-likeness (QED) is 0.434. The first kappa shape index (κ1) is 22.6. The predicted octanol–water partition coefficient (Wildman–Crippen LogP) is 4.81. The average Bonchev–Trinajstić information content (AvgIpc) is 2.99. The van der Waals surface area contributed by atoms with Crippen LogP contribution >= 0.6 is 11.8 Å². The Balaban J connectivity index is 1.59. The third-order valence-electron chi connectivity index (χ3n) is 4.40. The van der Waals surface area contributed by atoms with Crippen molar-refractivity contribution in [1.82, 2.24) is 4.90 Å². The van der Waals surface area contributed by atoms with Crippen molar-refractivity contribution in [3.63, 3.8) is 0 Å². The Morgan fingerprint density at radius 1 is 1.13 bits per heavy atom. The molecule has 0 spiro atoms. The topological polar surface area (TPSA) is 72.9 Å². The van der Waals surface area contributed by atoms with Gasteiger partial charge in [0.25, 0.3) is 11.1 Å². The number of esters is 1. The second-order valence-corrected chi connectivity index (χ2v) is 8.68. The zero-order valence-electron chi connectivity index (χ0n) is 17.8. The fourth-order valence-corrected chi connectivity index (χ4v) is 3.69. The van der Waals surface area contributed by atoms with Crippen molar-refractivity contribution in [3.05, 3.63) is 70.1 Å². The average molecular weight is 440 g/mol. The number of amides is 2. The standard InChI is InChI=1S/C24H25NO5S/c1-16(2)14-30-22(26)13-25-23(27)21(31-24(25)28)12-18-7-9-20(10-8-18)29-15-19-6-4-5-17(3)11-19/h4-12,16H,13-15H2,1-3H3/b21-12+. The van der Waals surface area contributed by atoms with E-state index in [1.807, 2.05) is 63.2 Å². The molecular weight excluding hydrogens is 414 g/mol. The number of nitrogens with zero attached hydrogens (tertiary/aromatic N) is 1.